The highest BCUT2D eigenvalue weighted by Gasteiger charge is 2.23. The number of hydrogen-bond acceptors (Lipinski definition) is 0. The summed E-state index contributed by atoms with van der Waals surface area (Å²) in [6.45, 7) is 9.87. The second-order valence-corrected chi connectivity index (χ2v) is 15.9. The maximum absolute atomic E-state index is 2.63. The zero-order valence-corrected chi connectivity index (χ0v) is 26.3. The van der Waals surface area contributed by atoms with E-state index in [1.807, 2.05) is 0 Å². The van der Waals surface area contributed by atoms with Gasteiger partial charge in [-0.3, -0.25) is 0 Å². The average Bonchev–Trinajstić information content (AvgIpc) is 2.75. The van der Waals surface area contributed by atoms with Crippen molar-refractivity contribution in [2.45, 2.75) is 168 Å². The molecule has 0 atom stereocenters. The van der Waals surface area contributed by atoms with Gasteiger partial charge in [-0.05, 0) is 25.7 Å². The molecule has 0 saturated heterocycles. The minimum atomic E-state index is -0.602. The SMILES string of the molecule is CCCCCCCCCCCCCC[P+](C)(C)CCCCCCCCCCCCCC.[I-]. The second kappa shape index (κ2) is 28.4. The third-order valence-electron chi connectivity index (χ3n) is 7.23. The first-order valence-corrected chi connectivity index (χ1v) is 18.0. The minimum Gasteiger partial charge on any atom is -1.00 e. The second-order valence-electron chi connectivity index (χ2n) is 11.2. The molecule has 0 aliphatic rings. The van der Waals surface area contributed by atoms with E-state index in [1.54, 1.807) is 12.3 Å². The summed E-state index contributed by atoms with van der Waals surface area (Å²) >= 11 is 0. The molecule has 196 valence electrons. The molecule has 0 unspecified atom stereocenters. The molecule has 0 saturated carbocycles. The van der Waals surface area contributed by atoms with Crippen LogP contribution in [0.4, 0.5) is 0 Å². The highest BCUT2D eigenvalue weighted by atomic mass is 127. The van der Waals surface area contributed by atoms with Crippen molar-refractivity contribution < 1.29 is 24.0 Å². The first-order valence-electron chi connectivity index (χ1n) is 14.9. The molecule has 0 aromatic rings. The van der Waals surface area contributed by atoms with Crippen LogP contribution < -0.4 is 24.0 Å². The zero-order valence-electron chi connectivity index (χ0n) is 23.2. The van der Waals surface area contributed by atoms with Crippen molar-refractivity contribution in [1.82, 2.24) is 0 Å². The molecule has 0 amide bonds. The molecule has 0 aromatic heterocycles. The fraction of sp³-hybridized carbons (Fsp3) is 1.00. The molecule has 0 N–H and O–H groups in total. The van der Waals surface area contributed by atoms with Gasteiger partial charge in [0.15, 0.2) is 0 Å². The normalized spacial score (nSPS) is 11.6. The van der Waals surface area contributed by atoms with Crippen LogP contribution in [0.2, 0.25) is 0 Å². The highest BCUT2D eigenvalue weighted by Crippen LogP contribution is 2.52. The molecule has 0 nitrogen and oxygen atoms in total. The van der Waals surface area contributed by atoms with E-state index in [4.69, 9.17) is 0 Å². The standard InChI is InChI=1S/C30H64P.HI/c1-5-7-9-11-13-15-17-19-21-23-25-27-29-31(3,4)30-28-26-24-22-20-18-16-14-12-10-8-6-2;/h5-30H2,1-4H3;1H/q+1;/p-1. The van der Waals surface area contributed by atoms with Crippen LogP contribution in [0.1, 0.15) is 168 Å². The van der Waals surface area contributed by atoms with Gasteiger partial charge in [-0.2, -0.15) is 0 Å². The highest BCUT2D eigenvalue weighted by molar-refractivity contribution is 7.74. The maximum atomic E-state index is 2.63. The van der Waals surface area contributed by atoms with Crippen molar-refractivity contribution in [3.05, 3.63) is 0 Å². The van der Waals surface area contributed by atoms with Crippen LogP contribution in [-0.2, 0) is 0 Å². The van der Waals surface area contributed by atoms with Crippen LogP contribution in [-0.4, -0.2) is 25.7 Å². The van der Waals surface area contributed by atoms with Crippen LogP contribution in [0.3, 0.4) is 0 Å². The monoisotopic (exact) mass is 582 g/mol. The molecule has 32 heavy (non-hydrogen) atoms. The Bertz CT molecular complexity index is 299. The lowest BCUT2D eigenvalue weighted by molar-refractivity contribution is -0.00000716. The van der Waals surface area contributed by atoms with Gasteiger partial charge in [0.2, 0.25) is 0 Å². The van der Waals surface area contributed by atoms with Gasteiger partial charge in [-0.15, -0.1) is 0 Å². The Labute approximate surface area is 224 Å². The summed E-state index contributed by atoms with van der Waals surface area (Å²) < 4.78 is 0. The average molecular weight is 583 g/mol. The quantitative estimate of drug-likeness (QED) is 0.0544. The summed E-state index contributed by atoms with van der Waals surface area (Å²) in [4.78, 5) is 0. The van der Waals surface area contributed by atoms with E-state index in [2.05, 4.69) is 27.2 Å². The van der Waals surface area contributed by atoms with Crippen molar-refractivity contribution in [3.63, 3.8) is 0 Å². The maximum Gasteiger partial charge on any atom is 0.0589 e. The van der Waals surface area contributed by atoms with Crippen LogP contribution in [0.25, 0.3) is 0 Å². The van der Waals surface area contributed by atoms with Gasteiger partial charge in [0.05, 0.1) is 12.3 Å². The number of rotatable bonds is 26. The van der Waals surface area contributed by atoms with Crippen molar-refractivity contribution >= 4 is 7.26 Å². The van der Waals surface area contributed by atoms with E-state index in [0.29, 0.717) is 0 Å². The lowest BCUT2D eigenvalue weighted by Gasteiger charge is -2.18. The van der Waals surface area contributed by atoms with Crippen LogP contribution in [0.5, 0.6) is 0 Å². The van der Waals surface area contributed by atoms with Crippen molar-refractivity contribution in [2.75, 3.05) is 25.7 Å². The molecular weight excluding hydrogens is 518 g/mol. The van der Waals surface area contributed by atoms with E-state index in [-0.39, 0.29) is 24.0 Å². The summed E-state index contributed by atoms with van der Waals surface area (Å²) in [6, 6.07) is 0. The Balaban J connectivity index is 0. The Hall–Kier alpha value is 1.16. The lowest BCUT2D eigenvalue weighted by Crippen LogP contribution is -3.00. The fourth-order valence-corrected chi connectivity index (χ4v) is 7.26. The molecule has 0 aromatic carbocycles. The van der Waals surface area contributed by atoms with Crippen LogP contribution in [0, 0.1) is 0 Å². The molecule has 0 radical (unpaired) electrons. The smallest absolute Gasteiger partial charge is 0.0589 e. The van der Waals surface area contributed by atoms with Gasteiger partial charge < -0.3 is 24.0 Å². The van der Waals surface area contributed by atoms with E-state index < -0.39 is 7.26 Å². The third kappa shape index (κ3) is 29.2. The van der Waals surface area contributed by atoms with Crippen LogP contribution >= 0.6 is 7.26 Å². The fourth-order valence-electron chi connectivity index (χ4n) is 4.87. The van der Waals surface area contributed by atoms with Gasteiger partial charge in [0.25, 0.3) is 0 Å². The van der Waals surface area contributed by atoms with E-state index in [0.717, 1.165) is 0 Å². The number of unbranched alkanes of at least 4 members (excludes halogenated alkanes) is 22. The Morgan fingerprint density at radius 3 is 0.719 bits per heavy atom. The minimum absolute atomic E-state index is 0. The molecule has 0 rings (SSSR count). The topological polar surface area (TPSA) is 0 Å². The van der Waals surface area contributed by atoms with Gasteiger partial charge in [-0.25, -0.2) is 0 Å². The van der Waals surface area contributed by atoms with Gasteiger partial charge in [0, 0.05) is 20.6 Å². The molecular formula is C30H64IP. The van der Waals surface area contributed by atoms with Crippen LogP contribution in [0.15, 0.2) is 0 Å². The first-order chi connectivity index (χ1) is 15.1. The predicted octanol–water partition coefficient (Wildman–Crippen LogP) is 8.67. The molecule has 0 bridgehead atoms. The zero-order chi connectivity index (χ0) is 22.9. The van der Waals surface area contributed by atoms with Gasteiger partial charge in [0.1, 0.15) is 0 Å². The van der Waals surface area contributed by atoms with E-state index >= 15 is 0 Å². The Kier molecular flexibility index (Phi) is 31.3. The van der Waals surface area contributed by atoms with Crippen molar-refractivity contribution in [2.24, 2.45) is 0 Å². The van der Waals surface area contributed by atoms with Gasteiger partial charge >= 0.3 is 0 Å². The largest absolute Gasteiger partial charge is 1.00 e. The number of hydrogen-bond donors (Lipinski definition) is 0. The van der Waals surface area contributed by atoms with E-state index in [9.17, 15) is 0 Å². The molecule has 0 heterocycles. The molecule has 0 aliphatic heterocycles. The molecule has 0 aliphatic carbocycles. The van der Waals surface area contributed by atoms with Crippen molar-refractivity contribution in [3.8, 4) is 0 Å². The summed E-state index contributed by atoms with van der Waals surface area (Å²) in [7, 11) is -0.602. The molecule has 0 spiro atoms. The summed E-state index contributed by atoms with van der Waals surface area (Å²) in [5, 5.41) is 0. The summed E-state index contributed by atoms with van der Waals surface area (Å²) in [5.74, 6) is 0. The molecule has 0 fully saturated rings. The summed E-state index contributed by atoms with van der Waals surface area (Å²) in [6.07, 6.45) is 38.5. The first kappa shape index (κ1) is 35.3. The van der Waals surface area contributed by atoms with E-state index in [1.165, 1.54) is 154 Å². The van der Waals surface area contributed by atoms with Crippen molar-refractivity contribution in [1.29, 1.82) is 0 Å². The third-order valence-corrected chi connectivity index (χ3v) is 10.3. The number of halogens is 1. The predicted molar refractivity (Wildman–Crippen MR) is 151 cm³/mol. The Morgan fingerprint density at radius 1 is 0.312 bits per heavy atom. The Morgan fingerprint density at radius 2 is 0.500 bits per heavy atom. The van der Waals surface area contributed by atoms with Gasteiger partial charge in [-0.1, -0.05) is 142 Å². The molecule has 2 heteroatoms. The summed E-state index contributed by atoms with van der Waals surface area (Å²) in [5.41, 5.74) is 0. The lowest BCUT2D eigenvalue weighted by atomic mass is 10.1.